The van der Waals surface area contributed by atoms with Crippen molar-refractivity contribution in [2.75, 3.05) is 0 Å². The van der Waals surface area contributed by atoms with Crippen LogP contribution in [0.5, 0.6) is 0 Å². The lowest BCUT2D eigenvalue weighted by Crippen LogP contribution is -2.62. The van der Waals surface area contributed by atoms with Crippen LogP contribution in [0.15, 0.2) is 35.5 Å². The maximum atomic E-state index is 12.9. The standard InChI is InChI=1S/C23H28O7/c1-21-7-5-13(24)9-12(21)3-4-14-15(21)6-8-22(2)16(14)10-18(26)23(22,30)20(29)17(25)11-19(27)28/h5,7,9-10,14-15,17-18,25-26,30H,3-4,6,8,11H2,1-2H3,(H,27,28)/t14-,15+,17?,18-,21+,22+,23+/m1/s1. The number of rotatable bonds is 4. The molecule has 162 valence electrons. The Kier molecular flexibility index (Phi) is 4.73. The number of carbonyl (C=O) groups is 3. The molecule has 30 heavy (non-hydrogen) atoms. The highest BCUT2D eigenvalue weighted by atomic mass is 16.4. The van der Waals surface area contributed by atoms with E-state index in [4.69, 9.17) is 5.11 Å². The van der Waals surface area contributed by atoms with Crippen molar-refractivity contribution in [3.63, 3.8) is 0 Å². The molecule has 0 saturated heterocycles. The topological polar surface area (TPSA) is 132 Å². The Balaban J connectivity index is 1.69. The minimum Gasteiger partial charge on any atom is -0.481 e. The van der Waals surface area contributed by atoms with Gasteiger partial charge in [-0.15, -0.1) is 0 Å². The van der Waals surface area contributed by atoms with Gasteiger partial charge in [-0.05, 0) is 49.7 Å². The zero-order valence-electron chi connectivity index (χ0n) is 17.2. The number of aliphatic hydroxyl groups excluding tert-OH is 2. The first-order valence-corrected chi connectivity index (χ1v) is 10.5. The molecule has 7 atom stereocenters. The van der Waals surface area contributed by atoms with Gasteiger partial charge < -0.3 is 20.4 Å². The van der Waals surface area contributed by atoms with Gasteiger partial charge in [-0.25, -0.2) is 0 Å². The zero-order valence-corrected chi connectivity index (χ0v) is 17.2. The summed E-state index contributed by atoms with van der Waals surface area (Å²) in [6.45, 7) is 3.84. The summed E-state index contributed by atoms with van der Waals surface area (Å²) in [4.78, 5) is 35.8. The van der Waals surface area contributed by atoms with Crippen LogP contribution in [-0.4, -0.2) is 55.8 Å². The lowest BCUT2D eigenvalue weighted by molar-refractivity contribution is -0.175. The summed E-state index contributed by atoms with van der Waals surface area (Å²) in [6.07, 6.45) is 5.11. The van der Waals surface area contributed by atoms with Crippen molar-refractivity contribution >= 4 is 17.5 Å². The highest BCUT2D eigenvalue weighted by molar-refractivity contribution is 6.01. The molecule has 0 spiro atoms. The summed E-state index contributed by atoms with van der Waals surface area (Å²) in [6, 6.07) is 0. The minimum atomic E-state index is -2.27. The molecule has 2 fully saturated rings. The molecule has 4 aliphatic carbocycles. The molecule has 0 amide bonds. The van der Waals surface area contributed by atoms with Crippen LogP contribution < -0.4 is 0 Å². The third-order valence-corrected chi connectivity index (χ3v) is 8.23. The van der Waals surface area contributed by atoms with Crippen LogP contribution in [0.3, 0.4) is 0 Å². The average Bonchev–Trinajstić information content (AvgIpc) is 2.88. The third kappa shape index (κ3) is 2.65. The molecule has 4 rings (SSSR count). The molecule has 0 aromatic carbocycles. The van der Waals surface area contributed by atoms with Gasteiger partial charge in [0, 0.05) is 10.8 Å². The first-order chi connectivity index (χ1) is 13.9. The third-order valence-electron chi connectivity index (χ3n) is 8.23. The van der Waals surface area contributed by atoms with Crippen LogP contribution in [0.25, 0.3) is 0 Å². The van der Waals surface area contributed by atoms with Crippen molar-refractivity contribution in [2.45, 2.75) is 63.8 Å². The van der Waals surface area contributed by atoms with Gasteiger partial charge in [0.05, 0.1) is 6.42 Å². The number of aliphatic hydroxyl groups is 3. The van der Waals surface area contributed by atoms with Crippen molar-refractivity contribution in [1.29, 1.82) is 0 Å². The zero-order chi connectivity index (χ0) is 22.1. The maximum Gasteiger partial charge on any atom is 0.306 e. The summed E-state index contributed by atoms with van der Waals surface area (Å²) < 4.78 is 0. The van der Waals surface area contributed by atoms with E-state index in [0.717, 1.165) is 17.6 Å². The fraction of sp³-hybridized carbons (Fsp3) is 0.609. The van der Waals surface area contributed by atoms with E-state index in [1.54, 1.807) is 19.1 Å². The fourth-order valence-corrected chi connectivity index (χ4v) is 6.51. The van der Waals surface area contributed by atoms with Gasteiger partial charge in [-0.3, -0.25) is 14.4 Å². The molecule has 4 aliphatic rings. The molecule has 0 aliphatic heterocycles. The van der Waals surface area contributed by atoms with Gasteiger partial charge in [0.2, 0.25) is 0 Å². The number of carboxylic acid groups (broad SMARTS) is 1. The van der Waals surface area contributed by atoms with E-state index < -0.39 is 41.4 Å². The van der Waals surface area contributed by atoms with E-state index in [1.165, 1.54) is 6.08 Å². The predicted molar refractivity (Wildman–Crippen MR) is 106 cm³/mol. The summed E-state index contributed by atoms with van der Waals surface area (Å²) >= 11 is 0. The van der Waals surface area contributed by atoms with E-state index >= 15 is 0 Å². The number of carbonyl (C=O) groups excluding carboxylic acids is 2. The summed E-state index contributed by atoms with van der Waals surface area (Å²) in [7, 11) is 0. The molecular formula is C23H28O7. The van der Waals surface area contributed by atoms with Crippen LogP contribution in [0.2, 0.25) is 0 Å². The monoisotopic (exact) mass is 416 g/mol. The number of hydrogen-bond acceptors (Lipinski definition) is 6. The van der Waals surface area contributed by atoms with Crippen LogP contribution in [-0.2, 0) is 14.4 Å². The number of ketones is 2. The smallest absolute Gasteiger partial charge is 0.306 e. The molecule has 1 unspecified atom stereocenters. The number of aliphatic carboxylic acids is 1. The Morgan fingerprint density at radius 3 is 2.63 bits per heavy atom. The Morgan fingerprint density at radius 2 is 1.97 bits per heavy atom. The van der Waals surface area contributed by atoms with Crippen LogP contribution >= 0.6 is 0 Å². The van der Waals surface area contributed by atoms with Gasteiger partial charge in [0.1, 0.15) is 12.2 Å². The largest absolute Gasteiger partial charge is 0.481 e. The number of fused-ring (bicyclic) bond motifs is 5. The molecular weight excluding hydrogens is 388 g/mol. The van der Waals surface area contributed by atoms with Crippen molar-refractivity contribution in [3.8, 4) is 0 Å². The number of carboxylic acids is 1. The SMILES string of the molecule is C[C@]12C=CC(=O)C=C1CC[C@H]1C3=C[C@@H](O)[C@](O)(C(=O)C(O)CC(=O)O)[C@@]3(C)CC[C@@H]12. The van der Waals surface area contributed by atoms with Crippen LogP contribution in [0, 0.1) is 22.7 Å². The quantitative estimate of drug-likeness (QED) is 0.508. The summed E-state index contributed by atoms with van der Waals surface area (Å²) in [5.74, 6) is -2.24. The molecule has 0 radical (unpaired) electrons. The summed E-state index contributed by atoms with van der Waals surface area (Å²) in [5, 5.41) is 41.2. The van der Waals surface area contributed by atoms with E-state index in [1.807, 2.05) is 6.08 Å². The second kappa shape index (κ2) is 6.70. The molecule has 0 aromatic heterocycles. The molecule has 7 nitrogen and oxygen atoms in total. The van der Waals surface area contributed by atoms with Crippen molar-refractivity contribution < 1.29 is 34.8 Å². The van der Waals surface area contributed by atoms with Crippen molar-refractivity contribution in [2.24, 2.45) is 22.7 Å². The Bertz CT molecular complexity index is 915. The normalized spacial score (nSPS) is 43.1. The molecule has 2 saturated carbocycles. The number of allylic oxidation sites excluding steroid dienone is 4. The van der Waals surface area contributed by atoms with Gasteiger partial charge in [0.15, 0.2) is 17.2 Å². The van der Waals surface area contributed by atoms with E-state index in [9.17, 15) is 29.7 Å². The predicted octanol–water partition coefficient (Wildman–Crippen LogP) is 1.32. The second-order valence-electron chi connectivity index (χ2n) is 9.62. The number of hydrogen-bond donors (Lipinski definition) is 4. The van der Waals surface area contributed by atoms with E-state index in [-0.39, 0.29) is 23.0 Å². The first kappa shape index (κ1) is 21.2. The second-order valence-corrected chi connectivity index (χ2v) is 9.62. The van der Waals surface area contributed by atoms with Gasteiger partial charge in [-0.1, -0.05) is 37.1 Å². The minimum absolute atomic E-state index is 0.00975. The molecule has 0 bridgehead atoms. The highest BCUT2D eigenvalue weighted by Gasteiger charge is 2.67. The molecule has 0 heterocycles. The van der Waals surface area contributed by atoms with E-state index in [0.29, 0.717) is 19.3 Å². The lowest BCUT2D eigenvalue weighted by atomic mass is 9.48. The Labute approximate surface area is 174 Å². The Morgan fingerprint density at radius 1 is 1.27 bits per heavy atom. The maximum absolute atomic E-state index is 12.9. The first-order valence-electron chi connectivity index (χ1n) is 10.5. The van der Waals surface area contributed by atoms with Gasteiger partial charge in [0.25, 0.3) is 0 Å². The van der Waals surface area contributed by atoms with Crippen LogP contribution in [0.4, 0.5) is 0 Å². The van der Waals surface area contributed by atoms with Crippen LogP contribution in [0.1, 0.15) is 46.0 Å². The highest BCUT2D eigenvalue weighted by Crippen LogP contribution is 2.65. The average molecular weight is 416 g/mol. The molecule has 7 heteroatoms. The van der Waals surface area contributed by atoms with Crippen molar-refractivity contribution in [3.05, 3.63) is 35.5 Å². The van der Waals surface area contributed by atoms with Crippen molar-refractivity contribution in [1.82, 2.24) is 0 Å². The van der Waals surface area contributed by atoms with Gasteiger partial charge >= 0.3 is 5.97 Å². The van der Waals surface area contributed by atoms with Gasteiger partial charge in [-0.2, -0.15) is 0 Å². The molecule has 4 N–H and O–H groups in total. The molecule has 0 aromatic rings. The Hall–Kier alpha value is -2.09. The number of Topliss-reactive ketones (excluding diaryl/α,β-unsaturated/α-hetero) is 1. The van der Waals surface area contributed by atoms with E-state index in [2.05, 4.69) is 6.92 Å². The summed E-state index contributed by atoms with van der Waals surface area (Å²) in [5.41, 5.74) is -1.75. The fourth-order valence-electron chi connectivity index (χ4n) is 6.51. The lowest BCUT2D eigenvalue weighted by Gasteiger charge is -2.56.